The second-order valence-electron chi connectivity index (χ2n) is 6.26. The van der Waals surface area contributed by atoms with Crippen LogP contribution in [0.5, 0.6) is 0 Å². The topological polar surface area (TPSA) is 58.2 Å². The van der Waals surface area contributed by atoms with E-state index in [1.165, 1.54) is 6.42 Å². The summed E-state index contributed by atoms with van der Waals surface area (Å²) in [5, 5.41) is 3.31. The average Bonchev–Trinajstić information content (AvgIpc) is 2.70. The molecule has 0 aromatic rings. The summed E-state index contributed by atoms with van der Waals surface area (Å²) in [5.74, 6) is 1.40. The molecule has 112 valence electrons. The third-order valence-corrected chi connectivity index (χ3v) is 6.42. The molecule has 0 spiro atoms. The summed E-state index contributed by atoms with van der Waals surface area (Å²) < 4.78 is 27.4. The fourth-order valence-corrected chi connectivity index (χ4v) is 5.30. The molecule has 1 aliphatic carbocycles. The van der Waals surface area contributed by atoms with Crippen LogP contribution in [0.3, 0.4) is 0 Å². The summed E-state index contributed by atoms with van der Waals surface area (Å²) in [5.41, 5.74) is 0. The Morgan fingerprint density at radius 2 is 2.00 bits per heavy atom. The van der Waals surface area contributed by atoms with E-state index in [4.69, 9.17) is 0 Å². The Morgan fingerprint density at radius 3 is 2.58 bits per heavy atom. The summed E-state index contributed by atoms with van der Waals surface area (Å²) in [7, 11) is -3.14. The Hall–Kier alpha value is -0.130. The van der Waals surface area contributed by atoms with Crippen LogP contribution in [0.1, 0.15) is 52.4 Å². The molecular formula is C14H28N2O2S. The van der Waals surface area contributed by atoms with Crippen molar-refractivity contribution >= 4 is 10.0 Å². The van der Waals surface area contributed by atoms with E-state index >= 15 is 0 Å². The zero-order valence-corrected chi connectivity index (χ0v) is 13.0. The van der Waals surface area contributed by atoms with E-state index < -0.39 is 10.0 Å². The fourth-order valence-electron chi connectivity index (χ4n) is 3.60. The molecule has 4 nitrogen and oxygen atoms in total. The average molecular weight is 288 g/mol. The van der Waals surface area contributed by atoms with Crippen molar-refractivity contribution in [2.24, 2.45) is 11.8 Å². The van der Waals surface area contributed by atoms with Gasteiger partial charge in [-0.2, -0.15) is 0 Å². The SMILES string of the molecule is CCC1CCC(NS(=O)(=O)CC2CCCCN2)C1C. The van der Waals surface area contributed by atoms with Crippen LogP contribution in [0.2, 0.25) is 0 Å². The van der Waals surface area contributed by atoms with Crippen LogP contribution < -0.4 is 10.0 Å². The molecule has 1 aliphatic heterocycles. The van der Waals surface area contributed by atoms with E-state index in [1.807, 2.05) is 0 Å². The Labute approximate surface area is 117 Å². The summed E-state index contributed by atoms with van der Waals surface area (Å²) in [6.07, 6.45) is 6.61. The number of nitrogens with one attached hydrogen (secondary N) is 2. The van der Waals surface area contributed by atoms with Gasteiger partial charge in [-0.3, -0.25) is 0 Å². The maximum atomic E-state index is 12.2. The van der Waals surface area contributed by atoms with Crippen LogP contribution in [0.25, 0.3) is 0 Å². The van der Waals surface area contributed by atoms with Crippen molar-refractivity contribution in [1.29, 1.82) is 0 Å². The molecule has 0 amide bonds. The van der Waals surface area contributed by atoms with Crippen molar-refractivity contribution in [3.05, 3.63) is 0 Å². The zero-order chi connectivity index (χ0) is 13.9. The Morgan fingerprint density at radius 1 is 1.21 bits per heavy atom. The van der Waals surface area contributed by atoms with Crippen molar-refractivity contribution in [1.82, 2.24) is 10.0 Å². The zero-order valence-electron chi connectivity index (χ0n) is 12.2. The van der Waals surface area contributed by atoms with Crippen LogP contribution in [-0.4, -0.2) is 32.8 Å². The Balaban J connectivity index is 1.86. The van der Waals surface area contributed by atoms with Crippen molar-refractivity contribution in [3.8, 4) is 0 Å². The van der Waals surface area contributed by atoms with Gasteiger partial charge in [-0.15, -0.1) is 0 Å². The lowest BCUT2D eigenvalue weighted by atomic mass is 9.94. The largest absolute Gasteiger partial charge is 0.313 e. The lowest BCUT2D eigenvalue weighted by Gasteiger charge is -2.25. The van der Waals surface area contributed by atoms with E-state index in [0.717, 1.165) is 38.6 Å². The highest BCUT2D eigenvalue weighted by Gasteiger charge is 2.34. The first kappa shape index (κ1) is 15.3. The molecule has 0 bridgehead atoms. The van der Waals surface area contributed by atoms with E-state index in [2.05, 4.69) is 23.9 Å². The quantitative estimate of drug-likeness (QED) is 0.812. The van der Waals surface area contributed by atoms with Crippen LogP contribution in [-0.2, 0) is 10.0 Å². The Bertz CT molecular complexity index is 377. The third kappa shape index (κ3) is 4.17. The van der Waals surface area contributed by atoms with E-state index in [1.54, 1.807) is 0 Å². The minimum atomic E-state index is -3.14. The third-order valence-electron chi connectivity index (χ3n) is 4.91. The van der Waals surface area contributed by atoms with Gasteiger partial charge in [0.25, 0.3) is 0 Å². The molecule has 0 aromatic heterocycles. The summed E-state index contributed by atoms with van der Waals surface area (Å²) in [6.45, 7) is 5.34. The molecule has 1 heterocycles. The minimum absolute atomic E-state index is 0.143. The van der Waals surface area contributed by atoms with E-state index in [0.29, 0.717) is 11.8 Å². The van der Waals surface area contributed by atoms with Crippen molar-refractivity contribution in [2.75, 3.05) is 12.3 Å². The normalized spacial score (nSPS) is 36.5. The van der Waals surface area contributed by atoms with Gasteiger partial charge in [0.05, 0.1) is 5.75 Å². The highest BCUT2D eigenvalue weighted by Crippen LogP contribution is 2.34. The lowest BCUT2D eigenvalue weighted by molar-refractivity contribution is 0.367. The molecule has 2 rings (SSSR count). The second-order valence-corrected chi connectivity index (χ2v) is 8.06. The molecule has 4 unspecified atom stereocenters. The molecule has 19 heavy (non-hydrogen) atoms. The van der Waals surface area contributed by atoms with Crippen LogP contribution in [0, 0.1) is 11.8 Å². The number of sulfonamides is 1. The maximum Gasteiger partial charge on any atom is 0.213 e. The second kappa shape index (κ2) is 6.55. The first-order chi connectivity index (χ1) is 9.02. The smallest absolute Gasteiger partial charge is 0.213 e. The minimum Gasteiger partial charge on any atom is -0.313 e. The van der Waals surface area contributed by atoms with Crippen LogP contribution in [0.15, 0.2) is 0 Å². The molecule has 2 aliphatic rings. The number of hydrogen-bond donors (Lipinski definition) is 2. The molecule has 5 heteroatoms. The van der Waals surface area contributed by atoms with Crippen LogP contribution in [0.4, 0.5) is 0 Å². The standard InChI is InChI=1S/C14H28N2O2S/c1-3-12-7-8-14(11(12)2)16-19(17,18)10-13-6-4-5-9-15-13/h11-16H,3-10H2,1-2H3. The van der Waals surface area contributed by atoms with E-state index in [9.17, 15) is 8.42 Å². The molecule has 1 saturated heterocycles. The van der Waals surface area contributed by atoms with Crippen LogP contribution >= 0.6 is 0 Å². The van der Waals surface area contributed by atoms with Gasteiger partial charge >= 0.3 is 0 Å². The van der Waals surface area contributed by atoms with Gasteiger partial charge in [-0.05, 0) is 44.1 Å². The molecule has 2 N–H and O–H groups in total. The molecule has 4 atom stereocenters. The Kier molecular flexibility index (Phi) is 5.26. The van der Waals surface area contributed by atoms with Crippen molar-refractivity contribution < 1.29 is 8.42 Å². The molecule has 0 radical (unpaired) electrons. The molecule has 1 saturated carbocycles. The van der Waals surface area contributed by atoms with Gasteiger partial charge in [0.2, 0.25) is 10.0 Å². The fraction of sp³-hybridized carbons (Fsp3) is 1.00. The first-order valence-electron chi connectivity index (χ1n) is 7.75. The van der Waals surface area contributed by atoms with Crippen molar-refractivity contribution in [2.45, 2.75) is 64.5 Å². The number of piperidine rings is 1. The van der Waals surface area contributed by atoms with Gasteiger partial charge in [-0.25, -0.2) is 13.1 Å². The summed E-state index contributed by atoms with van der Waals surface area (Å²) in [6, 6.07) is 0.295. The van der Waals surface area contributed by atoms with Gasteiger partial charge in [0, 0.05) is 12.1 Å². The highest BCUT2D eigenvalue weighted by atomic mass is 32.2. The van der Waals surface area contributed by atoms with Crippen molar-refractivity contribution in [3.63, 3.8) is 0 Å². The highest BCUT2D eigenvalue weighted by molar-refractivity contribution is 7.89. The first-order valence-corrected chi connectivity index (χ1v) is 9.40. The van der Waals surface area contributed by atoms with Gasteiger partial charge in [0.15, 0.2) is 0 Å². The van der Waals surface area contributed by atoms with E-state index in [-0.39, 0.29) is 17.8 Å². The number of rotatable bonds is 5. The van der Waals surface area contributed by atoms with Gasteiger partial charge < -0.3 is 5.32 Å². The van der Waals surface area contributed by atoms with Gasteiger partial charge in [0.1, 0.15) is 0 Å². The predicted molar refractivity (Wildman–Crippen MR) is 78.5 cm³/mol. The van der Waals surface area contributed by atoms with Gasteiger partial charge in [-0.1, -0.05) is 26.7 Å². The maximum absolute atomic E-state index is 12.2. The molecular weight excluding hydrogens is 260 g/mol. The summed E-state index contributed by atoms with van der Waals surface area (Å²) in [4.78, 5) is 0. The lowest BCUT2D eigenvalue weighted by Crippen LogP contribution is -2.46. The molecule has 0 aromatic carbocycles. The predicted octanol–water partition coefficient (Wildman–Crippen LogP) is 1.87. The summed E-state index contributed by atoms with van der Waals surface area (Å²) >= 11 is 0. The number of hydrogen-bond acceptors (Lipinski definition) is 3. The monoisotopic (exact) mass is 288 g/mol. The molecule has 2 fully saturated rings.